The normalized spacial score (nSPS) is 14.6. The van der Waals surface area contributed by atoms with Gasteiger partial charge in [-0.05, 0) is 45.7 Å². The second-order valence-electron chi connectivity index (χ2n) is 4.46. The number of aromatic nitrogens is 1. The van der Waals surface area contributed by atoms with Gasteiger partial charge in [-0.2, -0.15) is 0 Å². The van der Waals surface area contributed by atoms with Gasteiger partial charge in [0.15, 0.2) is 0 Å². The van der Waals surface area contributed by atoms with Crippen LogP contribution in [0.1, 0.15) is 37.1 Å². The van der Waals surface area contributed by atoms with E-state index in [0.29, 0.717) is 3.92 Å². The molecule has 1 aromatic heterocycles. The fourth-order valence-electron chi connectivity index (χ4n) is 1.63. The molecule has 0 aliphatic rings. The summed E-state index contributed by atoms with van der Waals surface area (Å²) in [5, 5.41) is 0. The summed E-state index contributed by atoms with van der Waals surface area (Å²) in [4.78, 5) is 4.49. The summed E-state index contributed by atoms with van der Waals surface area (Å²) in [6.45, 7) is 10.4. The van der Waals surface area contributed by atoms with Crippen molar-refractivity contribution in [1.82, 2.24) is 4.98 Å². The topological polar surface area (TPSA) is 22.1 Å². The van der Waals surface area contributed by atoms with Crippen LogP contribution in [-0.2, 0) is 0 Å². The third-order valence-corrected chi connectivity index (χ3v) is 3.09. The molecule has 2 nitrogen and oxygen atoms in total. The van der Waals surface area contributed by atoms with Gasteiger partial charge in [-0.25, -0.2) is 4.98 Å². The Morgan fingerprint density at radius 1 is 1.25 bits per heavy atom. The first-order valence-electron chi connectivity index (χ1n) is 5.65. The van der Waals surface area contributed by atoms with Gasteiger partial charge >= 0.3 is 0 Å². The SMILES string of the molecule is Cc1cc(C)c(OC(C)CC(C)I)nc1C. The molecule has 0 amide bonds. The van der Waals surface area contributed by atoms with Crippen LogP contribution in [0.5, 0.6) is 5.88 Å². The lowest BCUT2D eigenvalue weighted by Gasteiger charge is -2.17. The molecule has 0 aromatic carbocycles. The first-order valence-corrected chi connectivity index (χ1v) is 6.90. The molecule has 0 radical (unpaired) electrons. The van der Waals surface area contributed by atoms with Gasteiger partial charge in [0.1, 0.15) is 0 Å². The van der Waals surface area contributed by atoms with Crippen molar-refractivity contribution in [2.45, 2.75) is 51.1 Å². The van der Waals surface area contributed by atoms with Crippen LogP contribution in [0.25, 0.3) is 0 Å². The summed E-state index contributed by atoms with van der Waals surface area (Å²) in [6.07, 6.45) is 1.27. The van der Waals surface area contributed by atoms with Crippen LogP contribution in [0.4, 0.5) is 0 Å². The minimum absolute atomic E-state index is 0.222. The average Bonchev–Trinajstić information content (AvgIpc) is 2.12. The van der Waals surface area contributed by atoms with Crippen molar-refractivity contribution < 1.29 is 4.74 Å². The lowest BCUT2D eigenvalue weighted by Crippen LogP contribution is -2.17. The summed E-state index contributed by atoms with van der Waals surface area (Å²) in [6, 6.07) is 2.14. The van der Waals surface area contributed by atoms with Crippen LogP contribution in [0.3, 0.4) is 0 Å². The maximum absolute atomic E-state index is 5.88. The second kappa shape index (κ2) is 5.84. The van der Waals surface area contributed by atoms with E-state index in [1.165, 1.54) is 5.56 Å². The molecule has 1 rings (SSSR count). The van der Waals surface area contributed by atoms with E-state index in [1.54, 1.807) is 0 Å². The van der Waals surface area contributed by atoms with Gasteiger partial charge in [0.05, 0.1) is 6.10 Å². The Balaban J connectivity index is 2.77. The largest absolute Gasteiger partial charge is 0.474 e. The number of alkyl halides is 1. The number of ether oxygens (including phenoxy) is 1. The number of halogens is 1. The molecule has 1 aromatic rings. The fraction of sp³-hybridized carbons (Fsp3) is 0.615. The molecule has 0 fully saturated rings. The molecule has 0 bridgehead atoms. The number of rotatable bonds is 4. The lowest BCUT2D eigenvalue weighted by molar-refractivity contribution is 0.202. The van der Waals surface area contributed by atoms with Gasteiger partial charge in [-0.15, -0.1) is 0 Å². The van der Waals surface area contributed by atoms with E-state index < -0.39 is 0 Å². The number of hydrogen-bond acceptors (Lipinski definition) is 2. The van der Waals surface area contributed by atoms with E-state index in [1.807, 2.05) is 6.92 Å². The molecule has 0 N–H and O–H groups in total. The highest BCUT2D eigenvalue weighted by atomic mass is 127. The smallest absolute Gasteiger partial charge is 0.216 e. The number of hydrogen-bond donors (Lipinski definition) is 0. The summed E-state index contributed by atoms with van der Waals surface area (Å²) >= 11 is 2.42. The van der Waals surface area contributed by atoms with Crippen molar-refractivity contribution in [1.29, 1.82) is 0 Å². The van der Waals surface area contributed by atoms with Crippen molar-refractivity contribution in [3.05, 3.63) is 22.9 Å². The zero-order valence-corrected chi connectivity index (χ0v) is 12.8. The first kappa shape index (κ1) is 13.7. The van der Waals surface area contributed by atoms with Crippen LogP contribution in [0.15, 0.2) is 6.07 Å². The summed E-state index contributed by atoms with van der Waals surface area (Å²) in [5.41, 5.74) is 3.39. The Bertz CT molecular complexity index is 363. The van der Waals surface area contributed by atoms with E-state index >= 15 is 0 Å². The van der Waals surface area contributed by atoms with E-state index in [9.17, 15) is 0 Å². The Labute approximate surface area is 112 Å². The van der Waals surface area contributed by atoms with E-state index in [4.69, 9.17) is 4.74 Å². The molecule has 1 heterocycles. The summed E-state index contributed by atoms with van der Waals surface area (Å²) in [5.74, 6) is 0.785. The zero-order chi connectivity index (χ0) is 12.3. The molecule has 16 heavy (non-hydrogen) atoms. The van der Waals surface area contributed by atoms with Crippen molar-refractivity contribution in [3.63, 3.8) is 0 Å². The Hall–Kier alpha value is -0.320. The van der Waals surface area contributed by atoms with Gasteiger partial charge in [0.25, 0.3) is 0 Å². The number of pyridine rings is 1. The van der Waals surface area contributed by atoms with Crippen molar-refractivity contribution in [2.24, 2.45) is 0 Å². The quantitative estimate of drug-likeness (QED) is 0.614. The first-order chi connectivity index (χ1) is 7.40. The highest BCUT2D eigenvalue weighted by Crippen LogP contribution is 2.21. The van der Waals surface area contributed by atoms with Gasteiger partial charge < -0.3 is 4.74 Å². The van der Waals surface area contributed by atoms with Crippen LogP contribution < -0.4 is 4.74 Å². The van der Waals surface area contributed by atoms with E-state index in [-0.39, 0.29) is 6.10 Å². The molecule has 90 valence electrons. The zero-order valence-electron chi connectivity index (χ0n) is 10.7. The summed E-state index contributed by atoms with van der Waals surface area (Å²) < 4.78 is 6.50. The standard InChI is InChI=1S/C13H20INO/c1-8-6-9(2)13(15-12(8)5)16-11(4)7-10(3)14/h6,10-11H,7H2,1-5H3. The second-order valence-corrected chi connectivity index (χ2v) is 6.58. The Morgan fingerprint density at radius 2 is 1.88 bits per heavy atom. The molecular weight excluding hydrogens is 313 g/mol. The minimum Gasteiger partial charge on any atom is -0.474 e. The van der Waals surface area contributed by atoms with Crippen LogP contribution >= 0.6 is 22.6 Å². The molecule has 0 spiro atoms. The summed E-state index contributed by atoms with van der Waals surface area (Å²) in [7, 11) is 0. The van der Waals surface area contributed by atoms with Gasteiger partial charge in [-0.1, -0.05) is 29.5 Å². The molecule has 2 atom stereocenters. The predicted octanol–water partition coefficient (Wildman–Crippen LogP) is 3.99. The third-order valence-electron chi connectivity index (χ3n) is 2.58. The molecule has 2 unspecified atom stereocenters. The fourth-order valence-corrected chi connectivity index (χ4v) is 2.35. The highest BCUT2D eigenvalue weighted by Gasteiger charge is 2.11. The van der Waals surface area contributed by atoms with Crippen molar-refractivity contribution >= 4 is 22.6 Å². The van der Waals surface area contributed by atoms with Crippen molar-refractivity contribution in [2.75, 3.05) is 0 Å². The molecule has 0 saturated heterocycles. The monoisotopic (exact) mass is 333 g/mol. The highest BCUT2D eigenvalue weighted by molar-refractivity contribution is 14.1. The Kier molecular flexibility index (Phi) is 5.02. The predicted molar refractivity (Wildman–Crippen MR) is 76.6 cm³/mol. The van der Waals surface area contributed by atoms with E-state index in [0.717, 1.165) is 23.6 Å². The molecule has 0 saturated carbocycles. The van der Waals surface area contributed by atoms with E-state index in [2.05, 4.69) is 61.3 Å². The van der Waals surface area contributed by atoms with Gasteiger partial charge in [-0.3, -0.25) is 0 Å². The van der Waals surface area contributed by atoms with Crippen molar-refractivity contribution in [3.8, 4) is 5.88 Å². The number of aryl methyl sites for hydroxylation is 3. The Morgan fingerprint density at radius 3 is 2.44 bits per heavy atom. The molecular formula is C13H20INO. The molecule has 3 heteroatoms. The van der Waals surface area contributed by atoms with Crippen LogP contribution in [-0.4, -0.2) is 15.0 Å². The lowest BCUT2D eigenvalue weighted by atomic mass is 10.1. The third kappa shape index (κ3) is 3.92. The maximum Gasteiger partial charge on any atom is 0.216 e. The van der Waals surface area contributed by atoms with Gasteiger partial charge in [0, 0.05) is 15.2 Å². The van der Waals surface area contributed by atoms with Crippen LogP contribution in [0, 0.1) is 20.8 Å². The minimum atomic E-state index is 0.222. The number of nitrogens with zero attached hydrogens (tertiary/aromatic N) is 1. The average molecular weight is 333 g/mol. The van der Waals surface area contributed by atoms with Gasteiger partial charge in [0.2, 0.25) is 5.88 Å². The van der Waals surface area contributed by atoms with Crippen LogP contribution in [0.2, 0.25) is 0 Å². The molecule has 0 aliphatic heterocycles. The maximum atomic E-state index is 5.88. The molecule has 0 aliphatic carbocycles.